The SMILES string of the molecule is C=CC1=CC2=CC=C3C(=C1C(=O)N3C1CCC(=O)NC1=O)C2. The Bertz CT molecular complexity index is 780. The summed E-state index contributed by atoms with van der Waals surface area (Å²) in [5.74, 6) is -0.849. The number of carbonyl (C=O) groups excluding carboxylic acids is 3. The van der Waals surface area contributed by atoms with Crippen LogP contribution in [0.5, 0.6) is 0 Å². The molecule has 4 aliphatic rings. The second kappa shape index (κ2) is 4.40. The number of nitrogens with one attached hydrogen (secondary N) is 1. The molecule has 0 saturated carbocycles. The van der Waals surface area contributed by atoms with Crippen LogP contribution in [0.25, 0.3) is 0 Å². The third kappa shape index (κ3) is 1.62. The summed E-state index contributed by atoms with van der Waals surface area (Å²) in [7, 11) is 0. The maximum Gasteiger partial charge on any atom is 0.260 e. The fraction of sp³-hybridized carbons (Fsp3) is 0.235. The number of hydrogen-bond donors (Lipinski definition) is 1. The molecule has 3 amide bonds. The van der Waals surface area contributed by atoms with Gasteiger partial charge in [0.15, 0.2) is 0 Å². The standard InChI is InChI=1S/C17H14N2O3/c1-2-10-7-9-3-4-12-11(8-9)15(10)17(22)19(12)13-5-6-14(20)18-16(13)21/h2-4,7,13H,1,5-6,8H2,(H,18,20,21). The van der Waals surface area contributed by atoms with E-state index in [1.165, 1.54) is 0 Å². The number of carbonyl (C=O) groups is 3. The number of hydrogen-bond acceptors (Lipinski definition) is 3. The Morgan fingerprint density at radius 2 is 2.09 bits per heavy atom. The molecule has 5 heteroatoms. The number of imide groups is 1. The molecule has 2 aliphatic carbocycles. The second-order valence-electron chi connectivity index (χ2n) is 5.77. The molecule has 0 spiro atoms. The third-order valence-corrected chi connectivity index (χ3v) is 4.51. The van der Waals surface area contributed by atoms with Crippen LogP contribution in [0.2, 0.25) is 0 Å². The van der Waals surface area contributed by atoms with Gasteiger partial charge >= 0.3 is 0 Å². The highest BCUT2D eigenvalue weighted by Gasteiger charge is 2.45. The van der Waals surface area contributed by atoms with Crippen molar-refractivity contribution < 1.29 is 14.4 Å². The van der Waals surface area contributed by atoms with Crippen LogP contribution in [0.15, 0.2) is 58.9 Å². The van der Waals surface area contributed by atoms with Gasteiger partial charge in [-0.25, -0.2) is 0 Å². The number of piperidine rings is 1. The van der Waals surface area contributed by atoms with Gasteiger partial charge in [0, 0.05) is 18.5 Å². The lowest BCUT2D eigenvalue weighted by Gasteiger charge is -2.31. The number of allylic oxidation sites excluding steroid dienone is 6. The van der Waals surface area contributed by atoms with E-state index in [0.29, 0.717) is 18.4 Å². The third-order valence-electron chi connectivity index (χ3n) is 4.51. The average Bonchev–Trinajstić information content (AvgIpc) is 2.81. The van der Waals surface area contributed by atoms with Crippen LogP contribution >= 0.6 is 0 Å². The number of fused-ring (bicyclic) bond motifs is 1. The Morgan fingerprint density at radius 3 is 2.82 bits per heavy atom. The minimum atomic E-state index is -0.622. The smallest absolute Gasteiger partial charge is 0.260 e. The predicted octanol–water partition coefficient (Wildman–Crippen LogP) is 1.27. The van der Waals surface area contributed by atoms with Crippen molar-refractivity contribution in [1.29, 1.82) is 0 Å². The highest BCUT2D eigenvalue weighted by molar-refractivity contribution is 6.10. The van der Waals surface area contributed by atoms with Gasteiger partial charge < -0.3 is 0 Å². The largest absolute Gasteiger partial charge is 0.296 e. The molecule has 1 saturated heterocycles. The molecule has 1 atom stereocenters. The highest BCUT2D eigenvalue weighted by Crippen LogP contribution is 2.45. The summed E-state index contributed by atoms with van der Waals surface area (Å²) < 4.78 is 0. The van der Waals surface area contributed by atoms with Gasteiger partial charge in [-0.2, -0.15) is 0 Å². The zero-order chi connectivity index (χ0) is 15.4. The summed E-state index contributed by atoms with van der Waals surface area (Å²) >= 11 is 0. The number of amides is 3. The second-order valence-corrected chi connectivity index (χ2v) is 5.77. The van der Waals surface area contributed by atoms with Crippen molar-refractivity contribution in [2.24, 2.45) is 0 Å². The van der Waals surface area contributed by atoms with E-state index in [1.807, 2.05) is 18.2 Å². The van der Waals surface area contributed by atoms with Gasteiger partial charge in [0.2, 0.25) is 11.8 Å². The van der Waals surface area contributed by atoms with Crippen LogP contribution < -0.4 is 5.32 Å². The van der Waals surface area contributed by atoms with Crippen molar-refractivity contribution >= 4 is 17.7 Å². The Labute approximate surface area is 127 Å². The van der Waals surface area contributed by atoms with E-state index in [-0.39, 0.29) is 18.2 Å². The van der Waals surface area contributed by atoms with Crippen LogP contribution in [0, 0.1) is 0 Å². The lowest BCUT2D eigenvalue weighted by molar-refractivity contribution is -0.141. The van der Waals surface area contributed by atoms with Crippen LogP contribution in [-0.4, -0.2) is 28.7 Å². The summed E-state index contributed by atoms with van der Waals surface area (Å²) in [5.41, 5.74) is 4.33. The molecule has 22 heavy (non-hydrogen) atoms. The number of nitrogens with zero attached hydrogens (tertiary/aromatic N) is 1. The van der Waals surface area contributed by atoms with Crippen molar-refractivity contribution in [3.05, 3.63) is 58.9 Å². The topological polar surface area (TPSA) is 66.5 Å². The first-order valence-electron chi connectivity index (χ1n) is 7.26. The zero-order valence-electron chi connectivity index (χ0n) is 11.9. The minimum absolute atomic E-state index is 0.170. The van der Waals surface area contributed by atoms with Crippen LogP contribution in [0.3, 0.4) is 0 Å². The van der Waals surface area contributed by atoms with Gasteiger partial charge in [0.25, 0.3) is 5.91 Å². The predicted molar refractivity (Wildman–Crippen MR) is 79.1 cm³/mol. The Morgan fingerprint density at radius 1 is 1.27 bits per heavy atom. The van der Waals surface area contributed by atoms with Crippen molar-refractivity contribution in [1.82, 2.24) is 10.2 Å². The summed E-state index contributed by atoms with van der Waals surface area (Å²) in [5, 5.41) is 2.32. The molecule has 2 heterocycles. The molecular weight excluding hydrogens is 280 g/mol. The van der Waals surface area contributed by atoms with E-state index in [1.54, 1.807) is 11.0 Å². The summed E-state index contributed by atoms with van der Waals surface area (Å²) in [6.45, 7) is 3.78. The van der Waals surface area contributed by atoms with E-state index < -0.39 is 11.9 Å². The quantitative estimate of drug-likeness (QED) is 0.780. The molecule has 5 nitrogen and oxygen atoms in total. The number of rotatable bonds is 2. The van der Waals surface area contributed by atoms with E-state index >= 15 is 0 Å². The Kier molecular flexibility index (Phi) is 2.60. The molecule has 0 aromatic rings. The summed E-state index contributed by atoms with van der Waals surface area (Å²) in [4.78, 5) is 37.9. The van der Waals surface area contributed by atoms with Crippen molar-refractivity contribution in [3.63, 3.8) is 0 Å². The van der Waals surface area contributed by atoms with Crippen molar-refractivity contribution in [2.75, 3.05) is 0 Å². The lowest BCUT2D eigenvalue weighted by Crippen LogP contribution is -2.52. The molecule has 1 N–H and O–H groups in total. The first-order valence-corrected chi connectivity index (χ1v) is 7.26. The lowest BCUT2D eigenvalue weighted by atomic mass is 9.85. The van der Waals surface area contributed by atoms with E-state index in [9.17, 15) is 14.4 Å². The van der Waals surface area contributed by atoms with E-state index in [0.717, 1.165) is 22.4 Å². The molecule has 0 aromatic heterocycles. The molecule has 0 aromatic carbocycles. The molecular formula is C17H14N2O3. The summed E-state index contributed by atoms with van der Waals surface area (Å²) in [6, 6.07) is -0.622. The van der Waals surface area contributed by atoms with E-state index in [4.69, 9.17) is 0 Å². The maximum absolute atomic E-state index is 12.9. The monoisotopic (exact) mass is 294 g/mol. The minimum Gasteiger partial charge on any atom is -0.296 e. The van der Waals surface area contributed by atoms with Gasteiger partial charge in [-0.1, -0.05) is 24.8 Å². The summed E-state index contributed by atoms with van der Waals surface area (Å²) in [6.07, 6.45) is 8.81. The molecule has 4 rings (SSSR count). The fourth-order valence-corrected chi connectivity index (χ4v) is 3.51. The molecule has 0 radical (unpaired) electrons. The van der Waals surface area contributed by atoms with Gasteiger partial charge in [-0.3, -0.25) is 24.6 Å². The van der Waals surface area contributed by atoms with Gasteiger partial charge in [-0.05, 0) is 29.2 Å². The van der Waals surface area contributed by atoms with Crippen molar-refractivity contribution in [3.8, 4) is 0 Å². The van der Waals surface area contributed by atoms with Crippen LogP contribution in [-0.2, 0) is 14.4 Å². The molecule has 2 aliphatic heterocycles. The Balaban J connectivity index is 1.78. The Hall–Kier alpha value is -2.69. The normalized spacial score (nSPS) is 26.5. The van der Waals surface area contributed by atoms with Gasteiger partial charge in [0.1, 0.15) is 6.04 Å². The zero-order valence-corrected chi connectivity index (χ0v) is 11.9. The first-order chi connectivity index (χ1) is 10.6. The van der Waals surface area contributed by atoms with Crippen LogP contribution in [0.1, 0.15) is 19.3 Å². The van der Waals surface area contributed by atoms with Crippen molar-refractivity contribution in [2.45, 2.75) is 25.3 Å². The van der Waals surface area contributed by atoms with Gasteiger partial charge in [0.05, 0.1) is 5.57 Å². The first kappa shape index (κ1) is 13.0. The van der Waals surface area contributed by atoms with Gasteiger partial charge in [-0.15, -0.1) is 0 Å². The van der Waals surface area contributed by atoms with Crippen LogP contribution in [0.4, 0.5) is 0 Å². The molecule has 1 unspecified atom stereocenters. The molecule has 110 valence electrons. The maximum atomic E-state index is 12.9. The molecule has 2 bridgehead atoms. The highest BCUT2D eigenvalue weighted by atomic mass is 16.2. The fourth-order valence-electron chi connectivity index (χ4n) is 3.51. The average molecular weight is 294 g/mol. The van der Waals surface area contributed by atoms with E-state index in [2.05, 4.69) is 11.9 Å². The molecule has 1 fully saturated rings.